The van der Waals surface area contributed by atoms with E-state index in [2.05, 4.69) is 54.6 Å². The van der Waals surface area contributed by atoms with E-state index >= 15 is 0 Å². The molecule has 0 aliphatic rings. The van der Waals surface area contributed by atoms with Gasteiger partial charge in [0.05, 0.1) is 6.26 Å². The number of aromatic nitrogens is 3. The summed E-state index contributed by atoms with van der Waals surface area (Å²) in [6.07, 6.45) is 2.33. The van der Waals surface area contributed by atoms with Crippen molar-refractivity contribution in [3.63, 3.8) is 0 Å². The summed E-state index contributed by atoms with van der Waals surface area (Å²) >= 11 is 1.72. The molecule has 8 heteroatoms. The molecule has 0 aliphatic carbocycles. The van der Waals surface area contributed by atoms with Gasteiger partial charge in [-0.2, -0.15) is 16.4 Å². The summed E-state index contributed by atoms with van der Waals surface area (Å²) in [6, 6.07) is 5.82. The third-order valence-corrected chi connectivity index (χ3v) is 4.54. The first-order valence-electron chi connectivity index (χ1n) is 8.18. The van der Waals surface area contributed by atoms with Gasteiger partial charge in [-0.05, 0) is 40.4 Å². The van der Waals surface area contributed by atoms with Crippen molar-refractivity contribution < 1.29 is 4.42 Å². The van der Waals surface area contributed by atoms with E-state index in [1.807, 2.05) is 12.1 Å². The van der Waals surface area contributed by atoms with Crippen LogP contribution in [0.5, 0.6) is 0 Å². The molecule has 0 saturated heterocycles. The monoisotopic (exact) mass is 358 g/mol. The third-order valence-electron chi connectivity index (χ3n) is 3.84. The van der Waals surface area contributed by atoms with E-state index in [4.69, 9.17) is 4.42 Å². The van der Waals surface area contributed by atoms with Crippen LogP contribution in [0.15, 0.2) is 44.6 Å². The number of nitrogens with one attached hydrogen (secondary N) is 3. The number of guanidine groups is 1. The molecule has 0 bridgehead atoms. The number of nitrogens with zero attached hydrogens (tertiary/aromatic N) is 3. The molecule has 3 rings (SSSR count). The van der Waals surface area contributed by atoms with E-state index in [0.717, 1.165) is 18.3 Å². The average molecular weight is 358 g/mol. The number of aromatic amines is 1. The van der Waals surface area contributed by atoms with Crippen LogP contribution in [-0.4, -0.2) is 41.3 Å². The van der Waals surface area contributed by atoms with Crippen LogP contribution in [-0.2, 0) is 6.42 Å². The number of rotatable bonds is 7. The fourth-order valence-corrected chi connectivity index (χ4v) is 3.15. The van der Waals surface area contributed by atoms with E-state index in [-0.39, 0.29) is 0 Å². The van der Waals surface area contributed by atoms with Crippen LogP contribution in [0.3, 0.4) is 0 Å². The molecule has 3 aromatic heterocycles. The van der Waals surface area contributed by atoms with Gasteiger partial charge in [-0.1, -0.05) is 6.92 Å². The van der Waals surface area contributed by atoms with Crippen molar-refractivity contribution in [1.29, 1.82) is 0 Å². The zero-order chi connectivity index (χ0) is 17.5. The Labute approximate surface area is 150 Å². The minimum absolute atomic E-state index is 0.440. The summed E-state index contributed by atoms with van der Waals surface area (Å²) in [7, 11) is 1.77. The SMILES string of the molecule is CN=C(NCCc1nc(-c2ccco2)n[nH]1)NCC(C)c1ccsc1. The first-order chi connectivity index (χ1) is 12.3. The van der Waals surface area contributed by atoms with Crippen molar-refractivity contribution in [2.75, 3.05) is 20.1 Å². The van der Waals surface area contributed by atoms with Crippen LogP contribution in [0.1, 0.15) is 24.2 Å². The van der Waals surface area contributed by atoms with Gasteiger partial charge in [-0.25, -0.2) is 4.98 Å². The van der Waals surface area contributed by atoms with Gasteiger partial charge in [-0.15, -0.1) is 0 Å². The first kappa shape index (κ1) is 17.2. The predicted octanol–water partition coefficient (Wildman–Crippen LogP) is 2.64. The number of furan rings is 1. The summed E-state index contributed by atoms with van der Waals surface area (Å²) in [5.74, 6) is 3.27. The normalized spacial score (nSPS) is 13.0. The molecule has 0 aromatic carbocycles. The first-order valence-corrected chi connectivity index (χ1v) is 9.12. The lowest BCUT2D eigenvalue weighted by atomic mass is 10.1. The fourth-order valence-electron chi connectivity index (χ4n) is 2.37. The zero-order valence-corrected chi connectivity index (χ0v) is 15.1. The number of aliphatic imine (C=N–C) groups is 1. The van der Waals surface area contributed by atoms with Gasteiger partial charge in [0, 0.05) is 26.6 Å². The Morgan fingerprint density at radius 2 is 2.32 bits per heavy atom. The molecule has 0 fully saturated rings. The molecule has 0 radical (unpaired) electrons. The minimum atomic E-state index is 0.440. The van der Waals surface area contributed by atoms with E-state index in [1.165, 1.54) is 5.56 Å². The number of H-pyrrole nitrogens is 1. The van der Waals surface area contributed by atoms with Gasteiger partial charge in [0.1, 0.15) is 5.82 Å². The van der Waals surface area contributed by atoms with E-state index < -0.39 is 0 Å². The second kappa shape index (κ2) is 8.48. The largest absolute Gasteiger partial charge is 0.461 e. The van der Waals surface area contributed by atoms with Crippen molar-refractivity contribution >= 4 is 17.3 Å². The highest BCUT2D eigenvalue weighted by atomic mass is 32.1. The third kappa shape index (κ3) is 4.69. The maximum atomic E-state index is 5.29. The van der Waals surface area contributed by atoms with E-state index in [0.29, 0.717) is 30.5 Å². The molecule has 0 amide bonds. The maximum Gasteiger partial charge on any atom is 0.216 e. The molecule has 1 atom stereocenters. The Balaban J connectivity index is 1.42. The molecular formula is C17H22N6OS. The lowest BCUT2D eigenvalue weighted by molar-refractivity contribution is 0.577. The molecule has 0 spiro atoms. The summed E-state index contributed by atoms with van der Waals surface area (Å²) in [6.45, 7) is 3.74. The minimum Gasteiger partial charge on any atom is -0.461 e. The van der Waals surface area contributed by atoms with Crippen LogP contribution in [0.2, 0.25) is 0 Å². The van der Waals surface area contributed by atoms with Gasteiger partial charge in [-0.3, -0.25) is 10.1 Å². The van der Waals surface area contributed by atoms with Crippen molar-refractivity contribution in [1.82, 2.24) is 25.8 Å². The molecule has 7 nitrogen and oxygen atoms in total. The zero-order valence-electron chi connectivity index (χ0n) is 14.3. The highest BCUT2D eigenvalue weighted by Crippen LogP contribution is 2.17. The second-order valence-corrected chi connectivity index (χ2v) is 6.45. The fraction of sp³-hybridized carbons (Fsp3) is 0.353. The molecule has 25 heavy (non-hydrogen) atoms. The van der Waals surface area contributed by atoms with Crippen LogP contribution in [0, 0.1) is 0 Å². The molecule has 3 aromatic rings. The van der Waals surface area contributed by atoms with Crippen LogP contribution in [0.25, 0.3) is 11.6 Å². The molecule has 1 unspecified atom stereocenters. The lowest BCUT2D eigenvalue weighted by Crippen LogP contribution is -2.40. The Hall–Kier alpha value is -2.61. The van der Waals surface area contributed by atoms with Crippen LogP contribution < -0.4 is 10.6 Å². The molecular weight excluding hydrogens is 336 g/mol. The Bertz CT molecular complexity index is 778. The van der Waals surface area contributed by atoms with E-state index in [1.54, 1.807) is 24.6 Å². The van der Waals surface area contributed by atoms with Crippen LogP contribution in [0.4, 0.5) is 0 Å². The quantitative estimate of drug-likeness (QED) is 0.446. The second-order valence-electron chi connectivity index (χ2n) is 5.67. The molecule has 3 N–H and O–H groups in total. The summed E-state index contributed by atoms with van der Waals surface area (Å²) in [4.78, 5) is 8.68. The smallest absolute Gasteiger partial charge is 0.216 e. The van der Waals surface area contributed by atoms with Crippen molar-refractivity contribution in [2.24, 2.45) is 4.99 Å². The average Bonchev–Trinajstić information content (AvgIpc) is 3.39. The number of hydrogen-bond donors (Lipinski definition) is 3. The number of thiophene rings is 1. The van der Waals surface area contributed by atoms with Crippen LogP contribution >= 0.6 is 11.3 Å². The van der Waals surface area contributed by atoms with Gasteiger partial charge in [0.15, 0.2) is 11.7 Å². The summed E-state index contributed by atoms with van der Waals surface area (Å²) < 4.78 is 5.29. The van der Waals surface area contributed by atoms with Gasteiger partial charge in [0.25, 0.3) is 0 Å². The summed E-state index contributed by atoms with van der Waals surface area (Å²) in [5, 5.41) is 18.0. The Morgan fingerprint density at radius 3 is 3.04 bits per heavy atom. The highest BCUT2D eigenvalue weighted by molar-refractivity contribution is 7.07. The Morgan fingerprint density at radius 1 is 1.40 bits per heavy atom. The summed E-state index contributed by atoms with van der Waals surface area (Å²) in [5.41, 5.74) is 1.35. The van der Waals surface area contributed by atoms with Gasteiger partial charge >= 0.3 is 0 Å². The van der Waals surface area contributed by atoms with E-state index in [9.17, 15) is 0 Å². The van der Waals surface area contributed by atoms with Crippen molar-refractivity contribution in [3.05, 3.63) is 46.6 Å². The predicted molar refractivity (Wildman–Crippen MR) is 99.9 cm³/mol. The molecule has 0 aliphatic heterocycles. The molecule has 3 heterocycles. The lowest BCUT2D eigenvalue weighted by Gasteiger charge is -2.15. The number of hydrogen-bond acceptors (Lipinski definition) is 5. The van der Waals surface area contributed by atoms with Crippen molar-refractivity contribution in [3.8, 4) is 11.6 Å². The Kier molecular flexibility index (Phi) is 5.84. The molecule has 0 saturated carbocycles. The highest BCUT2D eigenvalue weighted by Gasteiger charge is 2.09. The van der Waals surface area contributed by atoms with Crippen molar-refractivity contribution in [2.45, 2.75) is 19.3 Å². The van der Waals surface area contributed by atoms with Gasteiger partial charge in [0.2, 0.25) is 5.82 Å². The maximum absolute atomic E-state index is 5.29. The molecule has 132 valence electrons. The standard InChI is InChI=1S/C17H22N6OS/c1-12(13-6-9-25-11-13)10-20-17(18-2)19-7-5-15-21-16(23-22-15)14-4-3-8-24-14/h3-4,6,8-9,11-12H,5,7,10H2,1-2H3,(H2,18,19,20)(H,21,22,23). The van der Waals surface area contributed by atoms with Gasteiger partial charge < -0.3 is 15.1 Å². The topological polar surface area (TPSA) is 91.1 Å².